The normalized spacial score (nSPS) is 10.6. The van der Waals surface area contributed by atoms with Crippen LogP contribution in [0.1, 0.15) is 11.1 Å². The van der Waals surface area contributed by atoms with Gasteiger partial charge in [-0.3, -0.25) is 9.36 Å². The van der Waals surface area contributed by atoms with Crippen molar-refractivity contribution in [3.63, 3.8) is 0 Å². The van der Waals surface area contributed by atoms with Gasteiger partial charge in [0.05, 0.1) is 24.1 Å². The monoisotopic (exact) mass is 421 g/mol. The molecule has 29 heavy (non-hydrogen) atoms. The van der Waals surface area contributed by atoms with Crippen molar-refractivity contribution in [2.24, 2.45) is 0 Å². The Labute approximate surface area is 175 Å². The molecule has 3 aromatic heterocycles. The second-order valence-corrected chi connectivity index (χ2v) is 7.83. The Morgan fingerprint density at radius 2 is 2.07 bits per heavy atom. The van der Waals surface area contributed by atoms with Crippen LogP contribution in [0.2, 0.25) is 0 Å². The van der Waals surface area contributed by atoms with E-state index >= 15 is 0 Å². The van der Waals surface area contributed by atoms with Gasteiger partial charge in [0.2, 0.25) is 11.7 Å². The van der Waals surface area contributed by atoms with Gasteiger partial charge in [-0.1, -0.05) is 42.1 Å². The fraction of sp³-hybridized carbons (Fsp3) is 0.100. The first kappa shape index (κ1) is 19.0. The number of nitriles is 1. The minimum Gasteiger partial charge on any atom is -0.461 e. The van der Waals surface area contributed by atoms with Crippen molar-refractivity contribution >= 4 is 34.0 Å². The summed E-state index contributed by atoms with van der Waals surface area (Å²) in [6, 6.07) is 17.3. The topological polar surface area (TPSA) is 96.7 Å². The van der Waals surface area contributed by atoms with E-state index < -0.39 is 0 Å². The molecule has 144 valence electrons. The predicted octanol–water partition coefficient (Wildman–Crippen LogP) is 4.25. The quantitative estimate of drug-likeness (QED) is 0.448. The number of nitrogens with one attached hydrogen (secondary N) is 1. The Morgan fingerprint density at radius 3 is 2.83 bits per heavy atom. The molecule has 7 nitrogen and oxygen atoms in total. The Bertz CT molecular complexity index is 1140. The van der Waals surface area contributed by atoms with Crippen LogP contribution >= 0.6 is 23.1 Å². The number of nitrogens with zero attached hydrogens (tertiary/aromatic N) is 4. The van der Waals surface area contributed by atoms with E-state index in [-0.39, 0.29) is 11.7 Å². The minimum absolute atomic E-state index is 0.147. The van der Waals surface area contributed by atoms with Crippen LogP contribution in [-0.2, 0) is 11.3 Å². The molecule has 4 rings (SSSR count). The van der Waals surface area contributed by atoms with Crippen molar-refractivity contribution < 1.29 is 9.21 Å². The number of amides is 1. The molecule has 0 bridgehead atoms. The highest BCUT2D eigenvalue weighted by atomic mass is 32.2. The van der Waals surface area contributed by atoms with Crippen molar-refractivity contribution in [2.75, 3.05) is 11.1 Å². The smallest absolute Gasteiger partial charge is 0.235 e. The third-order valence-electron chi connectivity index (χ3n) is 4.01. The minimum atomic E-state index is -0.206. The summed E-state index contributed by atoms with van der Waals surface area (Å²) in [5.74, 6) is 1.16. The van der Waals surface area contributed by atoms with Crippen LogP contribution in [0.5, 0.6) is 0 Å². The Balaban J connectivity index is 1.52. The first-order chi connectivity index (χ1) is 14.2. The summed E-state index contributed by atoms with van der Waals surface area (Å²) in [5, 5.41) is 23.3. The number of carbonyl (C=O) groups is 1. The molecular formula is C20H15N5O2S2. The average molecular weight is 422 g/mol. The molecule has 0 spiro atoms. The summed E-state index contributed by atoms with van der Waals surface area (Å²) in [6.07, 6.45) is 1.59. The van der Waals surface area contributed by atoms with Crippen molar-refractivity contribution in [1.29, 1.82) is 5.26 Å². The Kier molecular flexibility index (Phi) is 5.74. The van der Waals surface area contributed by atoms with Gasteiger partial charge in [0.1, 0.15) is 11.1 Å². The molecule has 0 aliphatic rings. The molecular weight excluding hydrogens is 406 g/mol. The standard InChI is InChI=1S/C20H15N5O2S2/c21-11-15-8-10-28-19(15)22-17(26)13-29-20-24-23-18(16-7-4-9-27-16)25(20)12-14-5-2-1-3-6-14/h1-10H,12-13H2,(H,22,26). The lowest BCUT2D eigenvalue weighted by molar-refractivity contribution is -0.113. The van der Waals surface area contributed by atoms with Gasteiger partial charge in [0.25, 0.3) is 0 Å². The van der Waals surface area contributed by atoms with Gasteiger partial charge in [-0.2, -0.15) is 5.26 Å². The predicted molar refractivity (Wildman–Crippen MR) is 112 cm³/mol. The lowest BCUT2D eigenvalue weighted by atomic mass is 10.2. The van der Waals surface area contributed by atoms with Crippen molar-refractivity contribution in [1.82, 2.24) is 14.8 Å². The van der Waals surface area contributed by atoms with E-state index in [1.807, 2.05) is 41.0 Å². The molecule has 1 amide bonds. The summed E-state index contributed by atoms with van der Waals surface area (Å²) >= 11 is 2.61. The molecule has 0 saturated heterocycles. The van der Waals surface area contributed by atoms with Gasteiger partial charge in [-0.15, -0.1) is 21.5 Å². The molecule has 1 aromatic carbocycles. The highest BCUT2D eigenvalue weighted by Crippen LogP contribution is 2.26. The third-order valence-corrected chi connectivity index (χ3v) is 5.81. The number of anilines is 1. The van der Waals surface area contributed by atoms with Crippen molar-refractivity contribution in [3.8, 4) is 17.7 Å². The van der Waals surface area contributed by atoms with E-state index in [1.54, 1.807) is 23.8 Å². The number of hydrogen-bond acceptors (Lipinski definition) is 7. The zero-order chi connectivity index (χ0) is 20.1. The van der Waals surface area contributed by atoms with Gasteiger partial charge >= 0.3 is 0 Å². The van der Waals surface area contributed by atoms with Crippen LogP contribution in [0.25, 0.3) is 11.6 Å². The fourth-order valence-electron chi connectivity index (χ4n) is 2.68. The summed E-state index contributed by atoms with van der Waals surface area (Å²) in [6.45, 7) is 0.553. The summed E-state index contributed by atoms with van der Waals surface area (Å²) in [5.41, 5.74) is 1.55. The zero-order valence-electron chi connectivity index (χ0n) is 15.1. The molecule has 9 heteroatoms. The number of benzene rings is 1. The highest BCUT2D eigenvalue weighted by Gasteiger charge is 2.18. The van der Waals surface area contributed by atoms with E-state index in [2.05, 4.69) is 21.6 Å². The number of rotatable bonds is 7. The zero-order valence-corrected chi connectivity index (χ0v) is 16.7. The molecule has 0 atom stereocenters. The highest BCUT2D eigenvalue weighted by molar-refractivity contribution is 7.99. The van der Waals surface area contributed by atoms with Gasteiger partial charge < -0.3 is 9.73 Å². The average Bonchev–Trinajstić information content (AvgIpc) is 3.48. The Morgan fingerprint density at radius 1 is 1.21 bits per heavy atom. The first-order valence-electron chi connectivity index (χ1n) is 8.66. The SMILES string of the molecule is N#Cc1ccsc1NC(=O)CSc1nnc(-c2ccco2)n1Cc1ccccc1. The second-order valence-electron chi connectivity index (χ2n) is 5.97. The molecule has 0 aliphatic heterocycles. The molecule has 0 fully saturated rings. The molecule has 4 aromatic rings. The summed E-state index contributed by atoms with van der Waals surface area (Å²) in [4.78, 5) is 12.3. The van der Waals surface area contributed by atoms with Crippen LogP contribution in [0.15, 0.2) is 69.7 Å². The lowest BCUT2D eigenvalue weighted by Crippen LogP contribution is -2.14. The molecule has 1 N–H and O–H groups in total. The molecule has 0 radical (unpaired) electrons. The second kappa shape index (κ2) is 8.77. The van der Waals surface area contributed by atoms with Gasteiger partial charge in [0, 0.05) is 0 Å². The maximum Gasteiger partial charge on any atom is 0.235 e. The van der Waals surface area contributed by atoms with Crippen LogP contribution in [0, 0.1) is 11.3 Å². The van der Waals surface area contributed by atoms with E-state index in [0.29, 0.717) is 33.9 Å². The molecule has 0 aliphatic carbocycles. The van der Waals surface area contributed by atoms with Crippen LogP contribution in [-0.4, -0.2) is 26.4 Å². The number of furan rings is 1. The van der Waals surface area contributed by atoms with Gasteiger partial charge in [-0.05, 0) is 29.1 Å². The first-order valence-corrected chi connectivity index (χ1v) is 10.5. The number of hydrogen-bond donors (Lipinski definition) is 1. The van der Waals surface area contributed by atoms with Crippen LogP contribution in [0.3, 0.4) is 0 Å². The summed E-state index contributed by atoms with van der Waals surface area (Å²) < 4.78 is 7.42. The Hall–Kier alpha value is -3.35. The van der Waals surface area contributed by atoms with Crippen molar-refractivity contribution in [3.05, 3.63) is 71.3 Å². The number of thioether (sulfide) groups is 1. The maximum atomic E-state index is 12.3. The number of aromatic nitrogens is 3. The van der Waals surface area contributed by atoms with Crippen molar-refractivity contribution in [2.45, 2.75) is 11.7 Å². The van der Waals surface area contributed by atoms with E-state index in [9.17, 15) is 4.79 Å². The summed E-state index contributed by atoms with van der Waals surface area (Å²) in [7, 11) is 0. The van der Waals surface area contributed by atoms with E-state index in [1.165, 1.54) is 23.1 Å². The largest absolute Gasteiger partial charge is 0.461 e. The lowest BCUT2D eigenvalue weighted by Gasteiger charge is -2.09. The fourth-order valence-corrected chi connectivity index (χ4v) is 4.17. The molecule has 0 unspecified atom stereocenters. The van der Waals surface area contributed by atoms with Crippen LogP contribution < -0.4 is 5.32 Å². The third kappa shape index (κ3) is 4.39. The van der Waals surface area contributed by atoms with E-state index in [4.69, 9.17) is 9.68 Å². The van der Waals surface area contributed by atoms with Gasteiger partial charge in [0.15, 0.2) is 10.9 Å². The van der Waals surface area contributed by atoms with E-state index in [0.717, 1.165) is 5.56 Å². The maximum absolute atomic E-state index is 12.3. The van der Waals surface area contributed by atoms with Crippen LogP contribution in [0.4, 0.5) is 5.00 Å². The van der Waals surface area contributed by atoms with Gasteiger partial charge in [-0.25, -0.2) is 0 Å². The number of thiophene rings is 1. The number of carbonyl (C=O) groups excluding carboxylic acids is 1. The molecule has 3 heterocycles. The molecule has 0 saturated carbocycles.